The molecule has 0 N–H and O–H groups in total. The molecule has 0 rings (SSSR count). The second kappa shape index (κ2) is 10.6. The quantitative estimate of drug-likeness (QED) is 0.254. The van der Waals surface area contributed by atoms with Crippen LogP contribution in [-0.2, 0) is 9.22 Å². The summed E-state index contributed by atoms with van der Waals surface area (Å²) in [5, 5.41) is 8.79. The molecule has 0 aromatic heterocycles. The van der Waals surface area contributed by atoms with Crippen molar-refractivity contribution in [3.63, 3.8) is 0 Å². The van der Waals surface area contributed by atoms with E-state index < -0.39 is 13.9 Å². The van der Waals surface area contributed by atoms with Crippen molar-refractivity contribution in [3.05, 3.63) is 23.8 Å². The third-order valence-electron chi connectivity index (χ3n) is 5.15. The van der Waals surface area contributed by atoms with Crippen LogP contribution in [0.3, 0.4) is 0 Å². The summed E-state index contributed by atoms with van der Waals surface area (Å²) >= 11 is 0. The molecule has 0 unspecified atom stereocenters. The van der Waals surface area contributed by atoms with Crippen molar-refractivity contribution < 1.29 is 9.22 Å². The third kappa shape index (κ3) is 6.74. The Balaban J connectivity index is 5.39. The fraction of sp³-hybridized carbons (Fsp3) is 0.700. The van der Waals surface area contributed by atoms with E-state index in [4.69, 9.17) is 9.69 Å². The Morgan fingerprint density at radius 3 is 2.29 bits per heavy atom. The average molecular weight is 350 g/mol. The molecule has 4 heteroatoms. The van der Waals surface area contributed by atoms with Gasteiger partial charge in [-0.1, -0.05) is 45.9 Å². The minimum atomic E-state index is -1.82. The van der Waals surface area contributed by atoms with Gasteiger partial charge in [0.2, 0.25) is 0 Å². The van der Waals surface area contributed by atoms with Gasteiger partial charge in [0.15, 0.2) is 8.32 Å². The van der Waals surface area contributed by atoms with Gasteiger partial charge >= 0.3 is 0 Å². The molecular weight excluding hydrogens is 314 g/mol. The lowest BCUT2D eigenvalue weighted by molar-refractivity contribution is -0.110. The van der Waals surface area contributed by atoms with E-state index in [0.29, 0.717) is 18.8 Å². The fourth-order valence-corrected chi connectivity index (χ4v) is 6.21. The highest BCUT2D eigenvalue weighted by Gasteiger charge is 2.38. The summed E-state index contributed by atoms with van der Waals surface area (Å²) in [5.41, 5.74) is 1.49. The summed E-state index contributed by atoms with van der Waals surface area (Å²) in [6.45, 7) is 16.8. The third-order valence-corrected chi connectivity index (χ3v) is 9.90. The van der Waals surface area contributed by atoms with Gasteiger partial charge in [-0.3, -0.25) is 0 Å². The second-order valence-corrected chi connectivity index (χ2v) is 11.8. The number of nitrogens with zero attached hydrogens (tertiary/aromatic N) is 1. The SMILES string of the molecule is C=C(/C=C(\C)[C@@](C)(CC=O)O[Si](CC)(CC)CC)C[C@@H](C)CC#N. The number of rotatable bonds is 12. The number of hydrogen-bond donors (Lipinski definition) is 0. The van der Waals surface area contributed by atoms with E-state index >= 15 is 0 Å². The van der Waals surface area contributed by atoms with Crippen LogP contribution in [-0.4, -0.2) is 20.2 Å². The largest absolute Gasteiger partial charge is 0.408 e. The Morgan fingerprint density at radius 1 is 1.33 bits per heavy atom. The number of nitriles is 1. The molecule has 3 nitrogen and oxygen atoms in total. The van der Waals surface area contributed by atoms with Crippen molar-refractivity contribution in [1.29, 1.82) is 5.26 Å². The van der Waals surface area contributed by atoms with E-state index in [9.17, 15) is 4.79 Å². The maximum atomic E-state index is 11.3. The zero-order valence-electron chi connectivity index (χ0n) is 16.4. The van der Waals surface area contributed by atoms with E-state index in [1.54, 1.807) is 0 Å². The number of hydrogen-bond acceptors (Lipinski definition) is 3. The summed E-state index contributed by atoms with van der Waals surface area (Å²) < 4.78 is 6.67. The molecule has 0 saturated heterocycles. The molecule has 0 aliphatic carbocycles. The smallest absolute Gasteiger partial charge is 0.193 e. The first kappa shape index (κ1) is 22.8. The molecule has 0 heterocycles. The van der Waals surface area contributed by atoms with Gasteiger partial charge in [-0.15, -0.1) is 0 Å². The standard InChI is InChI=1S/C20H35NO2Si/c1-8-24(9-2,10-3)23-20(7,12-14-22)19(6)16-18(5)15-17(4)11-13-21/h14,16-17H,5,8-12,15H2,1-4,6-7H3/b19-16+/t17-,20+/m0/s1. The second-order valence-electron chi connectivity index (χ2n) is 7.10. The molecule has 2 atom stereocenters. The van der Waals surface area contributed by atoms with Crippen LogP contribution in [0.2, 0.25) is 18.1 Å². The van der Waals surface area contributed by atoms with Gasteiger partial charge in [-0.2, -0.15) is 5.26 Å². The van der Waals surface area contributed by atoms with Crippen LogP contribution in [0, 0.1) is 17.2 Å². The predicted molar refractivity (Wildman–Crippen MR) is 104 cm³/mol. The van der Waals surface area contributed by atoms with Gasteiger partial charge in [0.1, 0.15) is 6.29 Å². The van der Waals surface area contributed by atoms with Crippen LogP contribution in [0.5, 0.6) is 0 Å². The maximum absolute atomic E-state index is 11.3. The Labute approximate surface area is 149 Å². The van der Waals surface area contributed by atoms with E-state index in [2.05, 4.69) is 46.4 Å². The number of allylic oxidation sites excluding steroid dienone is 2. The maximum Gasteiger partial charge on any atom is 0.193 e. The minimum absolute atomic E-state index is 0.292. The molecule has 0 radical (unpaired) electrons. The van der Waals surface area contributed by atoms with Crippen LogP contribution in [0.15, 0.2) is 23.8 Å². The number of aldehydes is 1. The Morgan fingerprint density at radius 2 is 1.88 bits per heavy atom. The average Bonchev–Trinajstić information content (AvgIpc) is 2.53. The first-order chi connectivity index (χ1) is 11.2. The molecule has 0 aliphatic rings. The van der Waals surface area contributed by atoms with Crippen molar-refractivity contribution >= 4 is 14.6 Å². The van der Waals surface area contributed by atoms with E-state index in [-0.39, 0.29) is 0 Å². The number of carbonyl (C=O) groups is 1. The molecular formula is C20H35NO2Si. The molecule has 0 aliphatic heterocycles. The topological polar surface area (TPSA) is 50.1 Å². The van der Waals surface area contributed by atoms with Gasteiger partial charge in [0.25, 0.3) is 0 Å². The van der Waals surface area contributed by atoms with E-state index in [1.807, 2.05) is 13.8 Å². The predicted octanol–water partition coefficient (Wildman–Crippen LogP) is 5.80. The molecule has 0 spiro atoms. The van der Waals surface area contributed by atoms with Gasteiger partial charge < -0.3 is 9.22 Å². The van der Waals surface area contributed by atoms with Crippen LogP contribution >= 0.6 is 0 Å². The van der Waals surface area contributed by atoms with E-state index in [0.717, 1.165) is 42.0 Å². The van der Waals surface area contributed by atoms with Crippen molar-refractivity contribution in [2.45, 2.75) is 84.5 Å². The first-order valence-corrected chi connectivity index (χ1v) is 11.6. The summed E-state index contributed by atoms with van der Waals surface area (Å²) in [7, 11) is -1.82. The van der Waals surface area contributed by atoms with Gasteiger partial charge in [0.05, 0.1) is 11.7 Å². The van der Waals surface area contributed by atoms with E-state index in [1.165, 1.54) is 0 Å². The van der Waals surface area contributed by atoms with Crippen LogP contribution in [0.1, 0.15) is 60.8 Å². The normalized spacial score (nSPS) is 16.1. The van der Waals surface area contributed by atoms with Crippen molar-refractivity contribution in [1.82, 2.24) is 0 Å². The summed E-state index contributed by atoms with van der Waals surface area (Å²) in [4.78, 5) is 11.3. The molecule has 0 bridgehead atoms. The Bertz CT molecular complexity index is 480. The summed E-state index contributed by atoms with van der Waals surface area (Å²) in [5.74, 6) is 0.292. The zero-order valence-corrected chi connectivity index (χ0v) is 17.4. The zero-order chi connectivity index (χ0) is 18.8. The lowest BCUT2D eigenvalue weighted by Crippen LogP contribution is -2.46. The monoisotopic (exact) mass is 349 g/mol. The Hall–Kier alpha value is -1.18. The molecule has 0 amide bonds. The first-order valence-electron chi connectivity index (χ1n) is 9.09. The highest BCUT2D eigenvalue weighted by atomic mass is 28.4. The minimum Gasteiger partial charge on any atom is -0.408 e. The van der Waals surface area contributed by atoms with Crippen molar-refractivity contribution in [2.24, 2.45) is 5.92 Å². The highest BCUT2D eigenvalue weighted by molar-refractivity contribution is 6.73. The molecule has 24 heavy (non-hydrogen) atoms. The van der Waals surface area contributed by atoms with Gasteiger partial charge in [-0.05, 0) is 49.9 Å². The van der Waals surface area contributed by atoms with Gasteiger partial charge in [-0.25, -0.2) is 0 Å². The summed E-state index contributed by atoms with van der Waals surface area (Å²) in [6.07, 6.45) is 4.70. The van der Waals surface area contributed by atoms with Crippen LogP contribution in [0.25, 0.3) is 0 Å². The molecule has 136 valence electrons. The van der Waals surface area contributed by atoms with Crippen molar-refractivity contribution in [2.75, 3.05) is 0 Å². The fourth-order valence-electron chi connectivity index (χ4n) is 3.08. The van der Waals surface area contributed by atoms with Crippen LogP contribution < -0.4 is 0 Å². The Kier molecular flexibility index (Phi) is 10.1. The molecule has 0 aromatic carbocycles. The molecule has 0 saturated carbocycles. The van der Waals surface area contributed by atoms with Gasteiger partial charge in [0, 0.05) is 12.8 Å². The number of carbonyl (C=O) groups excluding carboxylic acids is 1. The van der Waals surface area contributed by atoms with Crippen LogP contribution in [0.4, 0.5) is 0 Å². The summed E-state index contributed by atoms with van der Waals surface area (Å²) in [6, 6.07) is 5.38. The van der Waals surface area contributed by atoms with Crippen molar-refractivity contribution in [3.8, 4) is 6.07 Å². The molecule has 0 fully saturated rings. The molecule has 0 aromatic rings. The highest BCUT2D eigenvalue weighted by Crippen LogP contribution is 2.34. The lowest BCUT2D eigenvalue weighted by atomic mass is 9.90. The lowest BCUT2D eigenvalue weighted by Gasteiger charge is -2.40.